The zero-order valence-electron chi connectivity index (χ0n) is 10.5. The number of para-hydroxylation sites is 1. The zero-order valence-corrected chi connectivity index (χ0v) is 10.5. The molecule has 3 aromatic rings. The van der Waals surface area contributed by atoms with Gasteiger partial charge in [-0.1, -0.05) is 24.3 Å². The zero-order chi connectivity index (χ0) is 13.2. The minimum Gasteiger partial charge on any atom is -0.481 e. The quantitative estimate of drug-likeness (QED) is 0.780. The van der Waals surface area contributed by atoms with Crippen LogP contribution in [0.2, 0.25) is 0 Å². The number of nitrogens with two attached hydrogens (primary N) is 1. The van der Waals surface area contributed by atoms with Crippen molar-refractivity contribution in [2.75, 3.05) is 7.11 Å². The first-order chi connectivity index (χ1) is 9.29. The van der Waals surface area contributed by atoms with E-state index in [0.717, 1.165) is 16.5 Å². The van der Waals surface area contributed by atoms with Crippen molar-refractivity contribution >= 4 is 11.0 Å². The topological polar surface area (TPSA) is 61.3 Å². The molecule has 0 aliphatic rings. The molecule has 1 atom stereocenters. The lowest BCUT2D eigenvalue weighted by molar-refractivity contribution is 0.387. The molecular weight excluding hydrogens is 240 g/mol. The third-order valence-electron chi connectivity index (χ3n) is 3.08. The van der Waals surface area contributed by atoms with Crippen LogP contribution >= 0.6 is 0 Å². The van der Waals surface area contributed by atoms with Gasteiger partial charge in [-0.25, -0.2) is 4.98 Å². The van der Waals surface area contributed by atoms with Crippen LogP contribution in [0.15, 0.2) is 53.1 Å². The Bertz CT molecular complexity index is 673. The van der Waals surface area contributed by atoms with E-state index >= 15 is 0 Å². The maximum Gasteiger partial charge on any atom is 0.218 e. The lowest BCUT2D eigenvalue weighted by Crippen LogP contribution is -2.12. The Morgan fingerprint density at radius 3 is 2.84 bits per heavy atom. The number of hydrogen-bond acceptors (Lipinski definition) is 4. The molecule has 0 saturated heterocycles. The summed E-state index contributed by atoms with van der Waals surface area (Å²) in [7, 11) is 1.58. The summed E-state index contributed by atoms with van der Waals surface area (Å²) in [5.74, 6) is 1.22. The van der Waals surface area contributed by atoms with Crippen LogP contribution in [0.1, 0.15) is 17.4 Å². The number of fused-ring (bicyclic) bond motifs is 1. The number of hydrogen-bond donors (Lipinski definition) is 1. The first kappa shape index (κ1) is 11.7. The molecule has 4 heteroatoms. The van der Waals surface area contributed by atoms with E-state index in [4.69, 9.17) is 14.9 Å². The number of rotatable bonds is 3. The van der Waals surface area contributed by atoms with Gasteiger partial charge in [0.1, 0.15) is 11.3 Å². The Hall–Kier alpha value is -2.33. The summed E-state index contributed by atoms with van der Waals surface area (Å²) in [4.78, 5) is 4.15. The Morgan fingerprint density at radius 2 is 2.05 bits per heavy atom. The molecule has 19 heavy (non-hydrogen) atoms. The molecule has 2 N–H and O–H groups in total. The number of nitrogens with zero attached hydrogens (tertiary/aromatic N) is 1. The van der Waals surface area contributed by atoms with E-state index in [0.29, 0.717) is 11.6 Å². The minimum atomic E-state index is -0.393. The molecule has 0 aliphatic heterocycles. The smallest absolute Gasteiger partial charge is 0.218 e. The van der Waals surface area contributed by atoms with Gasteiger partial charge < -0.3 is 14.9 Å². The number of ether oxygens (including phenoxy) is 1. The van der Waals surface area contributed by atoms with Crippen LogP contribution in [-0.4, -0.2) is 12.1 Å². The Labute approximate surface area is 110 Å². The molecule has 0 saturated carbocycles. The second-order valence-electron chi connectivity index (χ2n) is 4.27. The monoisotopic (exact) mass is 254 g/mol. The van der Waals surface area contributed by atoms with Crippen molar-refractivity contribution in [2.45, 2.75) is 6.04 Å². The summed E-state index contributed by atoms with van der Waals surface area (Å²) in [6.45, 7) is 0. The second-order valence-corrected chi connectivity index (χ2v) is 4.27. The first-order valence-electron chi connectivity index (χ1n) is 6.02. The fourth-order valence-electron chi connectivity index (χ4n) is 2.12. The van der Waals surface area contributed by atoms with Gasteiger partial charge in [0, 0.05) is 17.1 Å². The minimum absolute atomic E-state index is 0.393. The number of methoxy groups -OCH3 is 1. The normalized spacial score (nSPS) is 12.5. The van der Waals surface area contributed by atoms with Crippen molar-refractivity contribution < 1.29 is 9.15 Å². The molecule has 2 aromatic heterocycles. The van der Waals surface area contributed by atoms with Crippen molar-refractivity contribution in [1.82, 2.24) is 4.98 Å². The lowest BCUT2D eigenvalue weighted by atomic mass is 10.1. The highest BCUT2D eigenvalue weighted by molar-refractivity contribution is 5.78. The van der Waals surface area contributed by atoms with E-state index < -0.39 is 6.04 Å². The summed E-state index contributed by atoms with van der Waals surface area (Å²) in [6.07, 6.45) is 1.67. The van der Waals surface area contributed by atoms with Gasteiger partial charge >= 0.3 is 0 Å². The van der Waals surface area contributed by atoms with Crippen molar-refractivity contribution in [3.8, 4) is 5.88 Å². The fraction of sp³-hybridized carbons (Fsp3) is 0.133. The second kappa shape index (κ2) is 4.74. The van der Waals surface area contributed by atoms with Crippen LogP contribution in [0.25, 0.3) is 11.0 Å². The Balaban J connectivity index is 2.05. The van der Waals surface area contributed by atoms with E-state index in [-0.39, 0.29) is 0 Å². The maximum atomic E-state index is 6.24. The highest BCUT2D eigenvalue weighted by atomic mass is 16.5. The van der Waals surface area contributed by atoms with E-state index in [2.05, 4.69) is 4.98 Å². The van der Waals surface area contributed by atoms with Crippen LogP contribution in [0.4, 0.5) is 0 Å². The van der Waals surface area contributed by atoms with Gasteiger partial charge in [0.25, 0.3) is 0 Å². The van der Waals surface area contributed by atoms with Gasteiger partial charge in [-0.2, -0.15) is 0 Å². The van der Waals surface area contributed by atoms with Crippen molar-refractivity contribution in [3.63, 3.8) is 0 Å². The summed E-state index contributed by atoms with van der Waals surface area (Å²) in [5, 5.41) is 1.04. The molecule has 4 nitrogen and oxygen atoms in total. The van der Waals surface area contributed by atoms with Crippen molar-refractivity contribution in [3.05, 3.63) is 60.0 Å². The summed E-state index contributed by atoms with van der Waals surface area (Å²) in [5.41, 5.74) is 7.88. The molecule has 0 spiro atoms. The summed E-state index contributed by atoms with van der Waals surface area (Å²) in [6, 6.07) is 13.1. The largest absolute Gasteiger partial charge is 0.481 e. The Morgan fingerprint density at radius 1 is 1.21 bits per heavy atom. The molecule has 1 unspecified atom stereocenters. The Kier molecular flexibility index (Phi) is 2.93. The third-order valence-corrected chi connectivity index (χ3v) is 3.08. The summed E-state index contributed by atoms with van der Waals surface area (Å²) < 4.78 is 11.0. The highest BCUT2D eigenvalue weighted by Gasteiger charge is 2.18. The molecular formula is C15H14N2O2. The number of aromatic nitrogens is 1. The average molecular weight is 254 g/mol. The van der Waals surface area contributed by atoms with Crippen LogP contribution < -0.4 is 10.5 Å². The third kappa shape index (κ3) is 2.06. The molecule has 0 fully saturated rings. The number of furan rings is 1. The molecule has 96 valence electrons. The maximum absolute atomic E-state index is 6.24. The molecule has 2 heterocycles. The molecule has 0 bridgehead atoms. The first-order valence-corrected chi connectivity index (χ1v) is 6.02. The lowest BCUT2D eigenvalue weighted by Gasteiger charge is -2.12. The molecule has 3 rings (SSSR count). The fourth-order valence-corrected chi connectivity index (χ4v) is 2.12. The summed E-state index contributed by atoms with van der Waals surface area (Å²) >= 11 is 0. The predicted octanol–water partition coefficient (Wildman–Crippen LogP) is 2.88. The van der Waals surface area contributed by atoms with Crippen LogP contribution in [-0.2, 0) is 0 Å². The van der Waals surface area contributed by atoms with E-state index in [1.807, 2.05) is 42.5 Å². The SMILES string of the molecule is COc1ncccc1C(N)c1cc2ccccc2o1. The van der Waals surface area contributed by atoms with Gasteiger partial charge in [-0.15, -0.1) is 0 Å². The highest BCUT2D eigenvalue weighted by Crippen LogP contribution is 2.30. The van der Waals surface area contributed by atoms with Crippen LogP contribution in [0.3, 0.4) is 0 Å². The molecule has 1 aromatic carbocycles. The van der Waals surface area contributed by atoms with Gasteiger partial charge in [0.15, 0.2) is 0 Å². The van der Waals surface area contributed by atoms with Crippen LogP contribution in [0.5, 0.6) is 5.88 Å². The van der Waals surface area contributed by atoms with Gasteiger partial charge in [0.05, 0.1) is 13.2 Å². The van der Waals surface area contributed by atoms with Crippen molar-refractivity contribution in [2.24, 2.45) is 5.73 Å². The standard InChI is InChI=1S/C15H14N2O2/c1-18-15-11(6-4-8-17-15)14(16)13-9-10-5-2-3-7-12(10)19-13/h2-9,14H,16H2,1H3. The van der Waals surface area contributed by atoms with Gasteiger partial charge in [-0.3, -0.25) is 0 Å². The number of benzene rings is 1. The van der Waals surface area contributed by atoms with Crippen molar-refractivity contribution in [1.29, 1.82) is 0 Å². The van der Waals surface area contributed by atoms with E-state index in [9.17, 15) is 0 Å². The van der Waals surface area contributed by atoms with Gasteiger partial charge in [-0.05, 0) is 18.2 Å². The van der Waals surface area contributed by atoms with E-state index in [1.54, 1.807) is 13.3 Å². The van der Waals surface area contributed by atoms with Gasteiger partial charge in [0.2, 0.25) is 5.88 Å². The molecule has 0 radical (unpaired) electrons. The van der Waals surface area contributed by atoms with Crippen LogP contribution in [0, 0.1) is 0 Å². The number of pyridine rings is 1. The molecule has 0 aliphatic carbocycles. The average Bonchev–Trinajstić information content (AvgIpc) is 2.90. The predicted molar refractivity (Wildman–Crippen MR) is 73.0 cm³/mol. The molecule has 0 amide bonds. The van der Waals surface area contributed by atoms with E-state index in [1.165, 1.54) is 0 Å².